The largest absolute Gasteiger partial charge is 0.453 e. The number of hydrogen-bond acceptors (Lipinski definition) is 3. The van der Waals surface area contributed by atoms with Crippen molar-refractivity contribution in [3.63, 3.8) is 0 Å². The molecule has 0 fully saturated rings. The van der Waals surface area contributed by atoms with E-state index in [1.54, 1.807) is 0 Å². The number of anilines is 3. The lowest BCUT2D eigenvalue weighted by atomic mass is 10.1. The van der Waals surface area contributed by atoms with Gasteiger partial charge in [-0.1, -0.05) is 91.0 Å². The Morgan fingerprint density at radius 2 is 1.03 bits per heavy atom. The number of rotatable bonds is 4. The predicted octanol–water partition coefficient (Wildman–Crippen LogP) is 6.42. The molecule has 0 saturated carbocycles. The summed E-state index contributed by atoms with van der Waals surface area (Å²) in [7, 11) is -0.787. The summed E-state index contributed by atoms with van der Waals surface area (Å²) in [6, 6.07) is 43.9. The van der Waals surface area contributed by atoms with E-state index in [9.17, 15) is 0 Å². The molecule has 5 aromatic rings. The number of hydrogen-bond donors (Lipinski definition) is 0. The Kier molecular flexibility index (Phi) is 5.10. The normalized spacial score (nSPS) is 12.1. The molecule has 0 amide bonds. The Morgan fingerprint density at radius 1 is 0.515 bits per heavy atom. The standard InChI is InChI=1S/C29H21N2OP/c1-3-12-22(13-4-1)33(23-14-5-2-6-15-23)29-21-11-20-28(30-29)31-24-16-7-9-18-26(24)32-27-19-10-8-17-25(27)31/h1-21H. The third kappa shape index (κ3) is 3.67. The van der Waals surface area contributed by atoms with Gasteiger partial charge < -0.3 is 4.74 Å². The van der Waals surface area contributed by atoms with Gasteiger partial charge in [-0.3, -0.25) is 4.90 Å². The number of para-hydroxylation sites is 4. The molecule has 0 bridgehead atoms. The van der Waals surface area contributed by atoms with Gasteiger partial charge in [0.2, 0.25) is 0 Å². The van der Waals surface area contributed by atoms with E-state index in [1.807, 2.05) is 36.4 Å². The lowest BCUT2D eigenvalue weighted by Gasteiger charge is -2.32. The van der Waals surface area contributed by atoms with Crippen molar-refractivity contribution in [1.82, 2.24) is 4.98 Å². The molecular weight excluding hydrogens is 423 g/mol. The monoisotopic (exact) mass is 444 g/mol. The van der Waals surface area contributed by atoms with Crippen molar-refractivity contribution in [2.24, 2.45) is 0 Å². The van der Waals surface area contributed by atoms with Gasteiger partial charge in [0.05, 0.1) is 16.8 Å². The van der Waals surface area contributed by atoms with Crippen LogP contribution in [0.25, 0.3) is 0 Å². The highest BCUT2D eigenvalue weighted by molar-refractivity contribution is 7.79. The Hall–Kier alpha value is -3.94. The fraction of sp³-hybridized carbons (Fsp3) is 0. The molecule has 4 heteroatoms. The van der Waals surface area contributed by atoms with Crippen molar-refractivity contribution >= 4 is 41.2 Å². The zero-order chi connectivity index (χ0) is 22.0. The van der Waals surface area contributed by atoms with Gasteiger partial charge in [-0.05, 0) is 47.0 Å². The maximum absolute atomic E-state index is 6.18. The second-order valence-corrected chi connectivity index (χ2v) is 9.90. The second kappa shape index (κ2) is 8.54. The molecule has 0 aliphatic carbocycles. The van der Waals surface area contributed by atoms with E-state index in [4.69, 9.17) is 9.72 Å². The SMILES string of the molecule is c1ccc(P(c2ccccc2)c2cccc(N3c4ccccc4Oc4ccccc43)n2)cc1. The lowest BCUT2D eigenvalue weighted by Crippen LogP contribution is -2.25. The molecule has 158 valence electrons. The zero-order valence-corrected chi connectivity index (χ0v) is 18.8. The van der Waals surface area contributed by atoms with Crippen molar-refractivity contribution in [2.75, 3.05) is 4.90 Å². The van der Waals surface area contributed by atoms with Crippen LogP contribution in [0.15, 0.2) is 127 Å². The molecule has 1 aliphatic rings. The first-order valence-corrected chi connectivity index (χ1v) is 12.3. The average Bonchev–Trinajstić information content (AvgIpc) is 2.89. The minimum absolute atomic E-state index is 0.787. The van der Waals surface area contributed by atoms with Crippen molar-refractivity contribution in [3.8, 4) is 11.5 Å². The highest BCUT2D eigenvalue weighted by atomic mass is 31.1. The average molecular weight is 444 g/mol. The van der Waals surface area contributed by atoms with Crippen molar-refractivity contribution < 1.29 is 4.74 Å². The van der Waals surface area contributed by atoms with Crippen LogP contribution in [0.2, 0.25) is 0 Å². The molecule has 4 aromatic carbocycles. The van der Waals surface area contributed by atoms with E-state index >= 15 is 0 Å². The molecule has 2 heterocycles. The number of fused-ring (bicyclic) bond motifs is 2. The first kappa shape index (κ1) is 19.7. The number of benzene rings is 4. The molecule has 1 aromatic heterocycles. The maximum Gasteiger partial charge on any atom is 0.151 e. The van der Waals surface area contributed by atoms with Gasteiger partial charge >= 0.3 is 0 Å². The number of nitrogens with zero attached hydrogens (tertiary/aromatic N) is 2. The molecule has 0 atom stereocenters. The summed E-state index contributed by atoms with van der Waals surface area (Å²) in [4.78, 5) is 7.44. The van der Waals surface area contributed by atoms with Gasteiger partial charge in [0.1, 0.15) is 5.82 Å². The van der Waals surface area contributed by atoms with Crippen LogP contribution >= 0.6 is 7.92 Å². The Labute approximate surface area is 194 Å². The summed E-state index contributed by atoms with van der Waals surface area (Å²) in [5.41, 5.74) is 3.05. The van der Waals surface area contributed by atoms with E-state index in [0.717, 1.165) is 34.1 Å². The summed E-state index contributed by atoms with van der Waals surface area (Å²) < 4.78 is 6.18. The quantitative estimate of drug-likeness (QED) is 0.294. The van der Waals surface area contributed by atoms with Crippen molar-refractivity contribution in [1.29, 1.82) is 0 Å². The van der Waals surface area contributed by atoms with Crippen molar-refractivity contribution in [3.05, 3.63) is 127 Å². The zero-order valence-electron chi connectivity index (χ0n) is 17.9. The minimum Gasteiger partial charge on any atom is -0.453 e. The number of ether oxygens (including phenoxy) is 1. The molecule has 33 heavy (non-hydrogen) atoms. The lowest BCUT2D eigenvalue weighted by molar-refractivity contribution is 0.476. The van der Waals surface area contributed by atoms with Crippen LogP contribution < -0.4 is 25.7 Å². The summed E-state index contributed by atoms with van der Waals surface area (Å²) in [5.74, 6) is 2.55. The van der Waals surface area contributed by atoms with Gasteiger partial charge in [-0.2, -0.15) is 0 Å². The van der Waals surface area contributed by atoms with Gasteiger partial charge in [-0.15, -0.1) is 0 Å². The van der Waals surface area contributed by atoms with Gasteiger partial charge in [0, 0.05) is 7.92 Å². The predicted molar refractivity (Wildman–Crippen MR) is 138 cm³/mol. The van der Waals surface area contributed by atoms with Crippen molar-refractivity contribution in [2.45, 2.75) is 0 Å². The molecule has 3 nitrogen and oxygen atoms in total. The van der Waals surface area contributed by atoms with Crippen LogP contribution in [0.1, 0.15) is 0 Å². The summed E-state index contributed by atoms with van der Waals surface area (Å²) >= 11 is 0. The fourth-order valence-corrected chi connectivity index (χ4v) is 6.39. The fourth-order valence-electron chi connectivity index (χ4n) is 4.18. The van der Waals surface area contributed by atoms with Crippen LogP contribution in [0.4, 0.5) is 17.2 Å². The van der Waals surface area contributed by atoms with E-state index in [-0.39, 0.29) is 0 Å². The maximum atomic E-state index is 6.18. The van der Waals surface area contributed by atoms with E-state index in [2.05, 4.69) is 95.9 Å². The summed E-state index contributed by atoms with van der Waals surface area (Å²) in [6.45, 7) is 0. The molecule has 0 N–H and O–H groups in total. The molecule has 0 spiro atoms. The Balaban J connectivity index is 1.52. The molecule has 0 radical (unpaired) electrons. The molecule has 1 aliphatic heterocycles. The minimum atomic E-state index is -0.787. The molecule has 0 saturated heterocycles. The van der Waals surface area contributed by atoms with Crippen LogP contribution in [-0.4, -0.2) is 4.98 Å². The van der Waals surface area contributed by atoms with Crippen LogP contribution in [0.5, 0.6) is 11.5 Å². The number of aromatic nitrogens is 1. The molecular formula is C29H21N2OP. The first-order chi connectivity index (χ1) is 16.4. The molecule has 0 unspecified atom stereocenters. The smallest absolute Gasteiger partial charge is 0.151 e. The van der Waals surface area contributed by atoms with Crippen LogP contribution in [0.3, 0.4) is 0 Å². The number of pyridine rings is 1. The first-order valence-electron chi connectivity index (χ1n) is 10.9. The Morgan fingerprint density at radius 3 is 1.61 bits per heavy atom. The third-order valence-electron chi connectivity index (χ3n) is 5.64. The van der Waals surface area contributed by atoms with Crippen LogP contribution in [0, 0.1) is 0 Å². The topological polar surface area (TPSA) is 25.4 Å². The highest BCUT2D eigenvalue weighted by Crippen LogP contribution is 2.49. The van der Waals surface area contributed by atoms with Gasteiger partial charge in [0.15, 0.2) is 11.5 Å². The van der Waals surface area contributed by atoms with E-state index in [0.29, 0.717) is 0 Å². The second-order valence-electron chi connectivity index (χ2n) is 7.73. The summed E-state index contributed by atoms with van der Waals surface area (Å²) in [5, 5.41) is 2.57. The highest BCUT2D eigenvalue weighted by Gasteiger charge is 2.27. The van der Waals surface area contributed by atoms with Crippen LogP contribution in [-0.2, 0) is 0 Å². The van der Waals surface area contributed by atoms with E-state index < -0.39 is 7.92 Å². The van der Waals surface area contributed by atoms with E-state index in [1.165, 1.54) is 10.6 Å². The van der Waals surface area contributed by atoms with Gasteiger partial charge in [0.25, 0.3) is 0 Å². The summed E-state index contributed by atoms with van der Waals surface area (Å²) in [6.07, 6.45) is 0. The third-order valence-corrected chi connectivity index (χ3v) is 7.98. The molecule has 6 rings (SSSR count). The van der Waals surface area contributed by atoms with Gasteiger partial charge in [-0.25, -0.2) is 4.98 Å². The Bertz CT molecular complexity index is 1320.